The number of hydrogen-bond acceptors (Lipinski definition) is 5. The van der Waals surface area contributed by atoms with Crippen LogP contribution in [-0.4, -0.2) is 38.8 Å². The first-order chi connectivity index (χ1) is 8.99. The van der Waals surface area contributed by atoms with Crippen molar-refractivity contribution in [2.24, 2.45) is 5.92 Å². The Bertz CT molecular complexity index is 433. The standard InChI is InChI=1S/C13H21N3O3/c1-4-9(5-2)11(17)7-15-13-14-6-10(12(18)19)8(3)16-13/h6,9,11,17H,4-5,7H2,1-3H3,(H,18,19)(H,14,15,16). The van der Waals surface area contributed by atoms with E-state index in [1.54, 1.807) is 6.92 Å². The molecule has 0 aromatic carbocycles. The number of anilines is 1. The SMILES string of the molecule is CCC(CC)C(O)CNc1ncc(C(=O)O)c(C)n1. The molecule has 3 N–H and O–H groups in total. The Balaban J connectivity index is 2.64. The maximum atomic E-state index is 10.8. The number of carbonyl (C=O) groups is 1. The number of nitrogens with one attached hydrogen (secondary N) is 1. The number of aliphatic hydroxyl groups is 1. The lowest BCUT2D eigenvalue weighted by atomic mass is 9.97. The van der Waals surface area contributed by atoms with Gasteiger partial charge < -0.3 is 15.5 Å². The van der Waals surface area contributed by atoms with E-state index >= 15 is 0 Å². The molecule has 0 spiro atoms. The minimum atomic E-state index is -1.04. The van der Waals surface area contributed by atoms with Crippen LogP contribution in [0.15, 0.2) is 6.20 Å². The van der Waals surface area contributed by atoms with Crippen LogP contribution in [0.3, 0.4) is 0 Å². The second-order valence-corrected chi connectivity index (χ2v) is 4.52. The lowest BCUT2D eigenvalue weighted by Gasteiger charge is -2.20. The number of nitrogens with zero attached hydrogens (tertiary/aromatic N) is 2. The van der Waals surface area contributed by atoms with Crippen molar-refractivity contribution in [3.8, 4) is 0 Å². The highest BCUT2D eigenvalue weighted by atomic mass is 16.4. The molecule has 0 aliphatic heterocycles. The monoisotopic (exact) mass is 267 g/mol. The van der Waals surface area contributed by atoms with Crippen LogP contribution >= 0.6 is 0 Å². The van der Waals surface area contributed by atoms with Crippen LogP contribution in [0.4, 0.5) is 5.95 Å². The summed E-state index contributed by atoms with van der Waals surface area (Å²) in [6, 6.07) is 0. The van der Waals surface area contributed by atoms with Gasteiger partial charge in [0, 0.05) is 12.7 Å². The molecule has 1 aromatic heterocycles. The van der Waals surface area contributed by atoms with Crippen LogP contribution in [0.25, 0.3) is 0 Å². The van der Waals surface area contributed by atoms with E-state index in [0.717, 1.165) is 12.8 Å². The van der Waals surface area contributed by atoms with Gasteiger partial charge in [-0.1, -0.05) is 26.7 Å². The molecule has 1 atom stereocenters. The molecule has 0 saturated heterocycles. The highest BCUT2D eigenvalue weighted by Crippen LogP contribution is 2.14. The van der Waals surface area contributed by atoms with Gasteiger partial charge in [-0.2, -0.15) is 0 Å². The molecule has 6 nitrogen and oxygen atoms in total. The van der Waals surface area contributed by atoms with Crippen LogP contribution in [0, 0.1) is 12.8 Å². The van der Waals surface area contributed by atoms with Crippen molar-refractivity contribution < 1.29 is 15.0 Å². The molecule has 6 heteroatoms. The summed E-state index contributed by atoms with van der Waals surface area (Å²) in [5, 5.41) is 21.8. The van der Waals surface area contributed by atoms with Crippen molar-refractivity contribution in [1.29, 1.82) is 0 Å². The summed E-state index contributed by atoms with van der Waals surface area (Å²) in [5.41, 5.74) is 0.494. The Morgan fingerprint density at radius 2 is 2.05 bits per heavy atom. The summed E-state index contributed by atoms with van der Waals surface area (Å²) >= 11 is 0. The van der Waals surface area contributed by atoms with E-state index < -0.39 is 12.1 Å². The molecule has 0 aliphatic rings. The van der Waals surface area contributed by atoms with Crippen LogP contribution in [0.2, 0.25) is 0 Å². The summed E-state index contributed by atoms with van der Waals surface area (Å²) in [6.07, 6.45) is 2.64. The van der Waals surface area contributed by atoms with Crippen LogP contribution < -0.4 is 5.32 Å². The lowest BCUT2D eigenvalue weighted by molar-refractivity contribution is 0.0695. The van der Waals surface area contributed by atoms with Gasteiger partial charge in [-0.25, -0.2) is 14.8 Å². The Kier molecular flexibility index (Phi) is 5.69. The first-order valence-corrected chi connectivity index (χ1v) is 6.48. The molecular formula is C13H21N3O3. The van der Waals surface area contributed by atoms with E-state index in [1.807, 2.05) is 13.8 Å². The first kappa shape index (κ1) is 15.4. The van der Waals surface area contributed by atoms with E-state index in [-0.39, 0.29) is 11.5 Å². The molecular weight excluding hydrogens is 246 g/mol. The molecule has 1 aromatic rings. The van der Waals surface area contributed by atoms with Gasteiger partial charge in [0.05, 0.1) is 17.4 Å². The zero-order valence-corrected chi connectivity index (χ0v) is 11.6. The predicted molar refractivity (Wildman–Crippen MR) is 72.3 cm³/mol. The zero-order valence-electron chi connectivity index (χ0n) is 11.6. The number of rotatable bonds is 7. The molecule has 0 amide bonds. The molecule has 106 valence electrons. The van der Waals surface area contributed by atoms with Crippen molar-refractivity contribution in [3.05, 3.63) is 17.5 Å². The summed E-state index contributed by atoms with van der Waals surface area (Å²) in [4.78, 5) is 18.8. The maximum absolute atomic E-state index is 10.8. The third-order valence-corrected chi connectivity index (χ3v) is 3.27. The van der Waals surface area contributed by atoms with E-state index in [2.05, 4.69) is 15.3 Å². The van der Waals surface area contributed by atoms with E-state index in [4.69, 9.17) is 5.11 Å². The lowest BCUT2D eigenvalue weighted by Crippen LogP contribution is -2.28. The Hall–Kier alpha value is -1.69. The fourth-order valence-corrected chi connectivity index (χ4v) is 1.96. The summed E-state index contributed by atoms with van der Waals surface area (Å²) in [5.74, 6) is -0.458. The fraction of sp³-hybridized carbons (Fsp3) is 0.615. The van der Waals surface area contributed by atoms with Crippen molar-refractivity contribution >= 4 is 11.9 Å². The average molecular weight is 267 g/mol. The fourth-order valence-electron chi connectivity index (χ4n) is 1.96. The minimum Gasteiger partial charge on any atom is -0.478 e. The summed E-state index contributed by atoms with van der Waals surface area (Å²) in [7, 11) is 0. The second-order valence-electron chi connectivity index (χ2n) is 4.52. The number of aliphatic hydroxyl groups excluding tert-OH is 1. The van der Waals surface area contributed by atoms with Crippen LogP contribution in [-0.2, 0) is 0 Å². The molecule has 19 heavy (non-hydrogen) atoms. The zero-order chi connectivity index (χ0) is 14.4. The molecule has 0 fully saturated rings. The number of carboxylic acids is 1. The molecule has 0 radical (unpaired) electrons. The van der Waals surface area contributed by atoms with Crippen molar-refractivity contribution in [3.63, 3.8) is 0 Å². The second kappa shape index (κ2) is 7.04. The van der Waals surface area contributed by atoms with Crippen molar-refractivity contribution in [1.82, 2.24) is 9.97 Å². The normalized spacial score (nSPS) is 12.5. The van der Waals surface area contributed by atoms with Gasteiger partial charge >= 0.3 is 5.97 Å². The quantitative estimate of drug-likeness (QED) is 0.696. The highest BCUT2D eigenvalue weighted by molar-refractivity contribution is 5.88. The summed E-state index contributed by atoms with van der Waals surface area (Å²) in [6.45, 7) is 6.06. The molecule has 1 unspecified atom stereocenters. The number of hydrogen-bond donors (Lipinski definition) is 3. The topological polar surface area (TPSA) is 95.3 Å². The van der Waals surface area contributed by atoms with E-state index in [9.17, 15) is 9.90 Å². The number of aromatic carboxylic acids is 1. The molecule has 1 rings (SSSR count). The molecule has 0 aliphatic carbocycles. The van der Waals surface area contributed by atoms with Crippen molar-refractivity contribution in [2.45, 2.75) is 39.7 Å². The molecule has 1 heterocycles. The van der Waals surface area contributed by atoms with Gasteiger partial charge in [0.25, 0.3) is 0 Å². The van der Waals surface area contributed by atoms with Gasteiger partial charge in [0.1, 0.15) is 0 Å². The molecule has 0 bridgehead atoms. The van der Waals surface area contributed by atoms with E-state index in [1.165, 1.54) is 6.20 Å². The van der Waals surface area contributed by atoms with Gasteiger partial charge in [0.15, 0.2) is 0 Å². The Morgan fingerprint density at radius 3 is 2.53 bits per heavy atom. The number of aromatic nitrogens is 2. The average Bonchev–Trinajstić information content (AvgIpc) is 2.37. The van der Waals surface area contributed by atoms with Crippen LogP contribution in [0.5, 0.6) is 0 Å². The first-order valence-electron chi connectivity index (χ1n) is 6.48. The van der Waals surface area contributed by atoms with Gasteiger partial charge in [-0.15, -0.1) is 0 Å². The maximum Gasteiger partial charge on any atom is 0.339 e. The summed E-state index contributed by atoms with van der Waals surface area (Å²) < 4.78 is 0. The smallest absolute Gasteiger partial charge is 0.339 e. The third-order valence-electron chi connectivity index (χ3n) is 3.27. The van der Waals surface area contributed by atoms with Gasteiger partial charge in [-0.05, 0) is 12.8 Å². The predicted octanol–water partition coefficient (Wildman–Crippen LogP) is 1.69. The third kappa shape index (κ3) is 4.17. The largest absolute Gasteiger partial charge is 0.478 e. The van der Waals surface area contributed by atoms with E-state index in [0.29, 0.717) is 18.2 Å². The van der Waals surface area contributed by atoms with Gasteiger partial charge in [0.2, 0.25) is 5.95 Å². The number of aryl methyl sites for hydroxylation is 1. The van der Waals surface area contributed by atoms with Crippen molar-refractivity contribution in [2.75, 3.05) is 11.9 Å². The molecule has 0 saturated carbocycles. The minimum absolute atomic E-state index is 0.0890. The highest BCUT2D eigenvalue weighted by Gasteiger charge is 2.16. The van der Waals surface area contributed by atoms with Gasteiger partial charge in [-0.3, -0.25) is 0 Å². The van der Waals surface area contributed by atoms with Crippen LogP contribution in [0.1, 0.15) is 42.7 Å². The Morgan fingerprint density at radius 1 is 1.42 bits per heavy atom. The number of carboxylic acid groups (broad SMARTS) is 1. The Labute approximate surface area is 112 Å².